The number of hydrogen-bond donors (Lipinski definition) is 2. The zero-order valence-electron chi connectivity index (χ0n) is 6.44. The van der Waals surface area contributed by atoms with E-state index in [4.69, 9.17) is 5.11 Å². The molecule has 0 bridgehead atoms. The maximum absolute atomic E-state index is 11.0. The summed E-state index contributed by atoms with van der Waals surface area (Å²) >= 11 is 4.00. The molecule has 4 heteroatoms. The molecule has 0 heterocycles. The molecule has 0 atom stereocenters. The molecule has 64 valence electrons. The molecule has 0 aliphatic heterocycles. The van der Waals surface area contributed by atoms with Crippen molar-refractivity contribution in [2.45, 2.75) is 4.90 Å². The van der Waals surface area contributed by atoms with Crippen molar-refractivity contribution in [2.24, 2.45) is 0 Å². The van der Waals surface area contributed by atoms with Gasteiger partial charge in [-0.15, -0.1) is 12.6 Å². The van der Waals surface area contributed by atoms with Crippen LogP contribution in [-0.4, -0.2) is 18.2 Å². The van der Waals surface area contributed by atoms with Gasteiger partial charge in [-0.1, -0.05) is 0 Å². The van der Waals surface area contributed by atoms with E-state index in [2.05, 4.69) is 17.4 Å². The van der Waals surface area contributed by atoms with Crippen LogP contribution in [0.15, 0.2) is 23.1 Å². The van der Waals surface area contributed by atoms with Crippen molar-refractivity contribution in [1.82, 2.24) is 0 Å². The van der Waals surface area contributed by atoms with Crippen LogP contribution in [0.2, 0.25) is 0 Å². The van der Waals surface area contributed by atoms with Gasteiger partial charge in [-0.3, -0.25) is 0 Å². The van der Waals surface area contributed by atoms with Gasteiger partial charge < -0.3 is 9.84 Å². The first kappa shape index (κ1) is 8.93. The molecule has 12 heavy (non-hydrogen) atoms. The van der Waals surface area contributed by atoms with Gasteiger partial charge in [0.2, 0.25) is 0 Å². The fraction of sp³-hybridized carbons (Fsp3) is 0.125. The molecule has 1 N–H and O–H groups in total. The van der Waals surface area contributed by atoms with Crippen molar-refractivity contribution < 1.29 is 14.6 Å². The highest BCUT2D eigenvalue weighted by atomic mass is 32.1. The Hall–Kier alpha value is -1.16. The average Bonchev–Trinajstić information content (AvgIpc) is 2.03. The molecule has 3 nitrogen and oxygen atoms in total. The molecule has 0 aliphatic rings. The Labute approximate surface area is 75.4 Å². The minimum atomic E-state index is -0.458. The summed E-state index contributed by atoms with van der Waals surface area (Å²) in [6.45, 7) is 0. The number of rotatable bonds is 1. The number of carbonyl (C=O) groups excluding carboxylic acids is 1. The molecule has 0 aliphatic carbocycles. The summed E-state index contributed by atoms with van der Waals surface area (Å²) in [5.74, 6) is -0.382. The van der Waals surface area contributed by atoms with E-state index in [-0.39, 0.29) is 5.75 Å². The lowest BCUT2D eigenvalue weighted by molar-refractivity contribution is 0.0597. The minimum absolute atomic E-state index is 0.0765. The second-order valence-corrected chi connectivity index (χ2v) is 2.67. The molecular formula is C8H8O3S. The smallest absolute Gasteiger partial charge is 0.338 e. The predicted molar refractivity (Wildman–Crippen MR) is 46.7 cm³/mol. The lowest BCUT2D eigenvalue weighted by Crippen LogP contribution is -2.01. The molecule has 1 aromatic rings. The second-order valence-electron chi connectivity index (χ2n) is 2.19. The average molecular weight is 184 g/mol. The Morgan fingerprint density at radius 2 is 2.25 bits per heavy atom. The lowest BCUT2D eigenvalue weighted by atomic mass is 10.2. The van der Waals surface area contributed by atoms with E-state index in [1.807, 2.05) is 0 Å². The number of esters is 1. The number of ether oxygens (including phenoxy) is 1. The van der Waals surface area contributed by atoms with Crippen LogP contribution in [0.1, 0.15) is 10.4 Å². The van der Waals surface area contributed by atoms with E-state index in [0.717, 1.165) is 0 Å². The van der Waals surface area contributed by atoms with Crippen molar-refractivity contribution in [1.29, 1.82) is 0 Å². The quantitative estimate of drug-likeness (QED) is 0.513. The number of aromatic hydroxyl groups is 1. The molecule has 0 aromatic heterocycles. The molecule has 0 fully saturated rings. The van der Waals surface area contributed by atoms with Crippen LogP contribution >= 0.6 is 12.6 Å². The normalized spacial score (nSPS) is 9.50. The van der Waals surface area contributed by atoms with Gasteiger partial charge in [0.15, 0.2) is 0 Å². The van der Waals surface area contributed by atoms with Crippen molar-refractivity contribution in [3.05, 3.63) is 23.8 Å². The van der Waals surface area contributed by atoms with Crippen molar-refractivity contribution >= 4 is 18.6 Å². The Bertz CT molecular complexity index is 309. The second kappa shape index (κ2) is 3.49. The van der Waals surface area contributed by atoms with Gasteiger partial charge in [-0.25, -0.2) is 4.79 Å². The summed E-state index contributed by atoms with van der Waals surface area (Å²) in [5.41, 5.74) is 0.346. The Balaban J connectivity index is 3.09. The molecule has 0 saturated carbocycles. The van der Waals surface area contributed by atoms with E-state index < -0.39 is 5.97 Å². The van der Waals surface area contributed by atoms with Gasteiger partial charge >= 0.3 is 5.97 Å². The summed E-state index contributed by atoms with van der Waals surface area (Å²) in [4.78, 5) is 11.4. The lowest BCUT2D eigenvalue weighted by Gasteiger charge is -2.02. The van der Waals surface area contributed by atoms with Crippen LogP contribution < -0.4 is 0 Å². The van der Waals surface area contributed by atoms with Gasteiger partial charge in [-0.2, -0.15) is 0 Å². The van der Waals surface area contributed by atoms with E-state index in [0.29, 0.717) is 10.5 Å². The first-order chi connectivity index (χ1) is 5.65. The van der Waals surface area contributed by atoms with E-state index >= 15 is 0 Å². The summed E-state index contributed by atoms with van der Waals surface area (Å²) in [6.07, 6.45) is 0. The fourth-order valence-corrected chi connectivity index (χ4v) is 1.10. The Kier molecular flexibility index (Phi) is 2.60. The molecule has 1 rings (SSSR count). The van der Waals surface area contributed by atoms with Crippen LogP contribution in [0.4, 0.5) is 0 Å². The number of thiol groups is 1. The summed E-state index contributed by atoms with van der Waals surface area (Å²) in [6, 6.07) is 4.25. The number of phenolic OH excluding ortho intramolecular Hbond substituents is 1. The molecule has 0 radical (unpaired) electrons. The van der Waals surface area contributed by atoms with Crippen LogP contribution in [0.25, 0.3) is 0 Å². The highest BCUT2D eigenvalue weighted by Crippen LogP contribution is 2.20. The molecule has 0 saturated heterocycles. The fourth-order valence-electron chi connectivity index (χ4n) is 0.803. The maximum atomic E-state index is 11.0. The number of carbonyl (C=O) groups is 1. The third-order valence-electron chi connectivity index (χ3n) is 1.39. The zero-order chi connectivity index (χ0) is 9.14. The molecule has 1 aromatic carbocycles. The van der Waals surface area contributed by atoms with Crippen molar-refractivity contribution in [3.63, 3.8) is 0 Å². The Morgan fingerprint density at radius 1 is 1.58 bits per heavy atom. The highest BCUT2D eigenvalue weighted by Gasteiger charge is 2.08. The first-order valence-electron chi connectivity index (χ1n) is 3.25. The van der Waals surface area contributed by atoms with Crippen molar-refractivity contribution in [2.75, 3.05) is 7.11 Å². The summed E-state index contributed by atoms with van der Waals surface area (Å²) < 4.78 is 4.49. The third kappa shape index (κ3) is 1.71. The molecule has 0 unspecified atom stereocenters. The van der Waals surface area contributed by atoms with Gasteiger partial charge in [0.25, 0.3) is 0 Å². The maximum Gasteiger partial charge on any atom is 0.338 e. The summed E-state index contributed by atoms with van der Waals surface area (Å²) in [7, 11) is 1.29. The van der Waals surface area contributed by atoms with E-state index in [1.165, 1.54) is 25.3 Å². The van der Waals surface area contributed by atoms with Crippen LogP contribution in [0.5, 0.6) is 5.75 Å². The molecule has 0 spiro atoms. The van der Waals surface area contributed by atoms with Gasteiger partial charge in [0.1, 0.15) is 5.75 Å². The van der Waals surface area contributed by atoms with Gasteiger partial charge in [0.05, 0.1) is 12.7 Å². The van der Waals surface area contributed by atoms with Gasteiger partial charge in [0, 0.05) is 4.90 Å². The zero-order valence-corrected chi connectivity index (χ0v) is 7.34. The minimum Gasteiger partial charge on any atom is -0.508 e. The number of benzene rings is 1. The summed E-state index contributed by atoms with van der Waals surface area (Å²) in [5, 5.41) is 8.99. The topological polar surface area (TPSA) is 46.5 Å². The number of hydrogen-bond acceptors (Lipinski definition) is 4. The van der Waals surface area contributed by atoms with Crippen LogP contribution in [-0.2, 0) is 4.74 Å². The van der Waals surface area contributed by atoms with Gasteiger partial charge in [-0.05, 0) is 18.2 Å². The predicted octanol–water partition coefficient (Wildman–Crippen LogP) is 1.47. The standard InChI is InChI=1S/C8H8O3S/c1-11-8(10)6-3-2-5(9)4-7(6)12/h2-4,9,12H,1H3. The molecular weight excluding hydrogens is 176 g/mol. The van der Waals surface area contributed by atoms with E-state index in [9.17, 15) is 4.79 Å². The van der Waals surface area contributed by atoms with E-state index in [1.54, 1.807) is 0 Å². The number of phenols is 1. The number of methoxy groups -OCH3 is 1. The Morgan fingerprint density at radius 3 is 2.75 bits per heavy atom. The molecule has 0 amide bonds. The highest BCUT2D eigenvalue weighted by molar-refractivity contribution is 7.80. The third-order valence-corrected chi connectivity index (χ3v) is 1.76. The van der Waals surface area contributed by atoms with Crippen molar-refractivity contribution in [3.8, 4) is 5.75 Å². The van der Waals surface area contributed by atoms with Crippen LogP contribution in [0.3, 0.4) is 0 Å². The first-order valence-corrected chi connectivity index (χ1v) is 3.70. The monoisotopic (exact) mass is 184 g/mol. The SMILES string of the molecule is COC(=O)c1ccc(O)cc1S. The van der Waals surface area contributed by atoms with Crippen LogP contribution in [0, 0.1) is 0 Å². The largest absolute Gasteiger partial charge is 0.508 e.